The van der Waals surface area contributed by atoms with Crippen LogP contribution in [0.5, 0.6) is 11.5 Å². The minimum absolute atomic E-state index is 0.0157. The Labute approximate surface area is 107 Å². The van der Waals surface area contributed by atoms with Crippen molar-refractivity contribution >= 4 is 5.97 Å². The molecule has 1 heterocycles. The Balaban J connectivity index is 2.07. The Morgan fingerprint density at radius 1 is 1.37 bits per heavy atom. The third-order valence-electron chi connectivity index (χ3n) is 3.66. The van der Waals surface area contributed by atoms with Crippen LogP contribution in [0.4, 0.5) is 8.78 Å². The number of aliphatic carboxylic acids is 1. The number of rotatable bonds is 4. The lowest BCUT2D eigenvalue weighted by Gasteiger charge is -2.17. The Hall–Kier alpha value is -1.85. The molecule has 19 heavy (non-hydrogen) atoms. The summed E-state index contributed by atoms with van der Waals surface area (Å²) in [6.45, 7) is -0.0157. The Kier molecular flexibility index (Phi) is 2.62. The number of hydrogen-bond acceptors (Lipinski definition) is 3. The quantitative estimate of drug-likeness (QED) is 0.914. The summed E-state index contributed by atoms with van der Waals surface area (Å²) in [5.74, 6) is -0.236. The van der Waals surface area contributed by atoms with Crippen LogP contribution in [0, 0.1) is 0 Å². The highest BCUT2D eigenvalue weighted by atomic mass is 19.3. The molecule has 0 amide bonds. The summed E-state index contributed by atoms with van der Waals surface area (Å²) in [6, 6.07) is 2.61. The average Bonchev–Trinajstić information content (AvgIpc) is 2.95. The fourth-order valence-corrected chi connectivity index (χ4v) is 2.53. The highest BCUT2D eigenvalue weighted by Gasteiger charge is 2.49. The van der Waals surface area contributed by atoms with Gasteiger partial charge in [0.1, 0.15) is 0 Å². The first kappa shape index (κ1) is 12.2. The summed E-state index contributed by atoms with van der Waals surface area (Å²) in [6.07, 6.45) is -1.35. The Bertz CT molecular complexity index is 538. The molecule has 102 valence electrons. The van der Waals surface area contributed by atoms with Crippen LogP contribution < -0.4 is 9.47 Å². The smallest absolute Gasteiger partial charge is 0.304 e. The number of carboxylic acids is 1. The maximum Gasteiger partial charge on any atom is 0.304 e. The number of alkyl halides is 2. The zero-order chi connectivity index (χ0) is 13.6. The predicted molar refractivity (Wildman–Crippen MR) is 60.7 cm³/mol. The molecule has 0 radical (unpaired) electrons. The van der Waals surface area contributed by atoms with Gasteiger partial charge in [-0.3, -0.25) is 4.79 Å². The van der Waals surface area contributed by atoms with Crippen LogP contribution in [0.2, 0.25) is 0 Å². The van der Waals surface area contributed by atoms with E-state index < -0.39 is 17.8 Å². The fraction of sp³-hybridized carbons (Fsp3) is 0.462. The molecule has 0 atom stereocenters. The molecule has 4 nitrogen and oxygen atoms in total. The maximum atomic E-state index is 12.9. The van der Waals surface area contributed by atoms with E-state index in [1.54, 1.807) is 0 Å². The van der Waals surface area contributed by atoms with E-state index in [1.165, 1.54) is 12.1 Å². The summed E-state index contributed by atoms with van der Waals surface area (Å²) in [7, 11) is 0. The molecule has 0 bridgehead atoms. The second kappa shape index (κ2) is 4.08. The van der Waals surface area contributed by atoms with Gasteiger partial charge in [0.25, 0.3) is 6.43 Å². The molecule has 3 rings (SSSR count). The van der Waals surface area contributed by atoms with E-state index >= 15 is 0 Å². The van der Waals surface area contributed by atoms with Crippen LogP contribution in [0.15, 0.2) is 12.1 Å². The number of halogens is 2. The van der Waals surface area contributed by atoms with Crippen molar-refractivity contribution in [3.63, 3.8) is 0 Å². The lowest BCUT2D eigenvalue weighted by molar-refractivity contribution is -0.137. The van der Waals surface area contributed by atoms with Gasteiger partial charge < -0.3 is 14.6 Å². The lowest BCUT2D eigenvalue weighted by atomic mass is 9.90. The van der Waals surface area contributed by atoms with Gasteiger partial charge in [0.05, 0.1) is 6.42 Å². The van der Waals surface area contributed by atoms with Crippen LogP contribution >= 0.6 is 0 Å². The zero-order valence-corrected chi connectivity index (χ0v) is 9.99. The molecule has 2 aliphatic rings. The summed E-state index contributed by atoms with van der Waals surface area (Å²) < 4.78 is 36.2. The molecule has 0 aromatic heterocycles. The highest BCUT2D eigenvalue weighted by Crippen LogP contribution is 2.57. The number of carbonyl (C=O) groups is 1. The molecule has 0 spiro atoms. The van der Waals surface area contributed by atoms with E-state index in [1.807, 2.05) is 0 Å². The highest BCUT2D eigenvalue weighted by molar-refractivity contribution is 5.71. The third kappa shape index (κ3) is 2.01. The number of carboxylic acid groups (broad SMARTS) is 1. The minimum atomic E-state index is -2.62. The van der Waals surface area contributed by atoms with Gasteiger partial charge in [-0.05, 0) is 25.0 Å². The maximum absolute atomic E-state index is 12.9. The van der Waals surface area contributed by atoms with E-state index in [-0.39, 0.29) is 24.5 Å². The van der Waals surface area contributed by atoms with Gasteiger partial charge in [0, 0.05) is 16.5 Å². The van der Waals surface area contributed by atoms with Gasteiger partial charge in [-0.2, -0.15) is 0 Å². The number of benzene rings is 1. The summed E-state index contributed by atoms with van der Waals surface area (Å²) >= 11 is 0. The predicted octanol–water partition coefficient (Wildman–Crippen LogP) is 2.86. The van der Waals surface area contributed by atoms with Crippen molar-refractivity contribution in [1.82, 2.24) is 0 Å². The van der Waals surface area contributed by atoms with Crippen LogP contribution in [-0.2, 0) is 10.2 Å². The second-order valence-electron chi connectivity index (χ2n) is 4.95. The van der Waals surface area contributed by atoms with Crippen molar-refractivity contribution in [1.29, 1.82) is 0 Å². The fourth-order valence-electron chi connectivity index (χ4n) is 2.53. The molecule has 1 fully saturated rings. The van der Waals surface area contributed by atoms with Gasteiger partial charge in [-0.25, -0.2) is 8.78 Å². The lowest BCUT2D eigenvalue weighted by Crippen LogP contribution is -2.14. The van der Waals surface area contributed by atoms with E-state index in [9.17, 15) is 13.6 Å². The Morgan fingerprint density at radius 3 is 2.68 bits per heavy atom. The standard InChI is InChI=1S/C13H12F2O4/c14-12(15)7-3-8(11-9(4-7)18-6-19-11)13(1-2-13)5-10(16)17/h3-4,12H,1-2,5-6H2,(H,16,17). The summed E-state index contributed by atoms with van der Waals surface area (Å²) in [5, 5.41) is 8.96. The first-order chi connectivity index (χ1) is 9.02. The van der Waals surface area contributed by atoms with Gasteiger partial charge in [-0.15, -0.1) is 0 Å². The topological polar surface area (TPSA) is 55.8 Å². The molecule has 1 aliphatic carbocycles. The molecule has 1 saturated carbocycles. The Morgan fingerprint density at radius 2 is 2.11 bits per heavy atom. The third-order valence-corrected chi connectivity index (χ3v) is 3.66. The SMILES string of the molecule is O=C(O)CC1(c2cc(C(F)F)cc3c2OCO3)CC1. The van der Waals surface area contributed by atoms with Gasteiger partial charge in [-0.1, -0.05) is 0 Å². The van der Waals surface area contributed by atoms with Crippen molar-refractivity contribution in [2.75, 3.05) is 6.79 Å². The van der Waals surface area contributed by atoms with Gasteiger partial charge in [0.15, 0.2) is 11.5 Å². The van der Waals surface area contributed by atoms with Crippen molar-refractivity contribution in [3.8, 4) is 11.5 Å². The zero-order valence-electron chi connectivity index (χ0n) is 9.99. The normalized spacial score (nSPS) is 18.7. The molecule has 0 unspecified atom stereocenters. The molecule has 1 aromatic rings. The average molecular weight is 270 g/mol. The van der Waals surface area contributed by atoms with Crippen LogP contribution in [-0.4, -0.2) is 17.9 Å². The van der Waals surface area contributed by atoms with Crippen molar-refractivity contribution < 1.29 is 28.2 Å². The molecule has 1 aromatic carbocycles. The van der Waals surface area contributed by atoms with Crippen molar-refractivity contribution in [2.45, 2.75) is 31.1 Å². The molecule has 1 aliphatic heterocycles. The van der Waals surface area contributed by atoms with E-state index in [0.717, 1.165) is 0 Å². The number of fused-ring (bicyclic) bond motifs is 1. The summed E-state index contributed by atoms with van der Waals surface area (Å²) in [5.41, 5.74) is -0.190. The summed E-state index contributed by atoms with van der Waals surface area (Å²) in [4.78, 5) is 10.9. The van der Waals surface area contributed by atoms with E-state index in [0.29, 0.717) is 24.2 Å². The van der Waals surface area contributed by atoms with Gasteiger partial charge in [0.2, 0.25) is 6.79 Å². The van der Waals surface area contributed by atoms with E-state index in [2.05, 4.69) is 0 Å². The molecule has 6 heteroatoms. The van der Waals surface area contributed by atoms with Crippen molar-refractivity contribution in [2.24, 2.45) is 0 Å². The largest absolute Gasteiger partial charge is 0.481 e. The van der Waals surface area contributed by atoms with Crippen LogP contribution in [0.25, 0.3) is 0 Å². The molecular weight excluding hydrogens is 258 g/mol. The molecule has 0 saturated heterocycles. The van der Waals surface area contributed by atoms with Crippen LogP contribution in [0.1, 0.15) is 36.8 Å². The van der Waals surface area contributed by atoms with Crippen LogP contribution in [0.3, 0.4) is 0 Å². The molecule has 1 N–H and O–H groups in total. The van der Waals surface area contributed by atoms with E-state index in [4.69, 9.17) is 14.6 Å². The van der Waals surface area contributed by atoms with Gasteiger partial charge >= 0.3 is 5.97 Å². The molecular formula is C13H12F2O4. The first-order valence-electron chi connectivity index (χ1n) is 5.96. The second-order valence-corrected chi connectivity index (χ2v) is 4.95. The van der Waals surface area contributed by atoms with Crippen molar-refractivity contribution in [3.05, 3.63) is 23.3 Å². The number of ether oxygens (including phenoxy) is 2. The number of hydrogen-bond donors (Lipinski definition) is 1. The monoisotopic (exact) mass is 270 g/mol. The first-order valence-corrected chi connectivity index (χ1v) is 5.96. The minimum Gasteiger partial charge on any atom is -0.481 e.